The van der Waals surface area contributed by atoms with Crippen molar-refractivity contribution in [3.05, 3.63) is 61.7 Å². The van der Waals surface area contributed by atoms with Crippen molar-refractivity contribution in [3.63, 3.8) is 0 Å². The van der Waals surface area contributed by atoms with E-state index in [9.17, 15) is 19.3 Å². The van der Waals surface area contributed by atoms with E-state index in [0.717, 1.165) is 17.4 Å². The molecule has 1 aromatic carbocycles. The lowest BCUT2D eigenvalue weighted by Gasteiger charge is -2.05. The second kappa shape index (κ2) is 5.98. The van der Waals surface area contributed by atoms with Crippen LogP contribution in [-0.4, -0.2) is 10.9 Å². The molecule has 0 aliphatic heterocycles. The molecule has 2 rings (SSSR count). The monoisotopic (exact) mass is 315 g/mol. The molecule has 1 aromatic heterocycles. The van der Waals surface area contributed by atoms with E-state index in [4.69, 9.17) is 16.3 Å². The summed E-state index contributed by atoms with van der Waals surface area (Å²) in [5.41, 5.74) is 0.451. The molecule has 0 atom stereocenters. The summed E-state index contributed by atoms with van der Waals surface area (Å²) < 4.78 is 17.8. The Kier molecular flexibility index (Phi) is 4.31. The molecule has 0 radical (unpaired) electrons. The number of esters is 1. The maximum Gasteiger partial charge on any atom is 0.348 e. The van der Waals surface area contributed by atoms with Crippen LogP contribution in [0.15, 0.2) is 30.3 Å². The second-order valence-corrected chi connectivity index (χ2v) is 5.18. The maximum atomic E-state index is 12.8. The fourth-order valence-electron chi connectivity index (χ4n) is 1.39. The van der Waals surface area contributed by atoms with Gasteiger partial charge < -0.3 is 4.74 Å². The first-order valence-corrected chi connectivity index (χ1v) is 6.52. The van der Waals surface area contributed by atoms with Crippen molar-refractivity contribution in [2.75, 3.05) is 0 Å². The Morgan fingerprint density at radius 1 is 1.40 bits per heavy atom. The molecule has 1 heterocycles. The topological polar surface area (TPSA) is 69.4 Å². The van der Waals surface area contributed by atoms with E-state index in [1.165, 1.54) is 24.3 Å². The predicted octanol–water partition coefficient (Wildman–Crippen LogP) is 3.81. The summed E-state index contributed by atoms with van der Waals surface area (Å²) in [6, 6.07) is 6.26. The van der Waals surface area contributed by atoms with Crippen molar-refractivity contribution in [2.24, 2.45) is 0 Å². The Hall–Kier alpha value is -1.99. The Bertz CT molecular complexity index is 673. The van der Waals surface area contributed by atoms with Crippen molar-refractivity contribution in [2.45, 2.75) is 6.61 Å². The van der Waals surface area contributed by atoms with Crippen LogP contribution in [0.1, 0.15) is 15.2 Å². The molecular weight excluding hydrogens is 309 g/mol. The second-order valence-electron chi connectivity index (χ2n) is 3.71. The summed E-state index contributed by atoms with van der Waals surface area (Å²) in [5.74, 6) is -1.18. The minimum absolute atomic E-state index is 0.120. The van der Waals surface area contributed by atoms with Gasteiger partial charge in [0.2, 0.25) is 0 Å². The van der Waals surface area contributed by atoms with Crippen LogP contribution < -0.4 is 0 Å². The summed E-state index contributed by atoms with van der Waals surface area (Å²) in [5, 5.41) is 10.5. The molecule has 0 spiro atoms. The number of ether oxygens (including phenoxy) is 1. The van der Waals surface area contributed by atoms with Gasteiger partial charge in [0.1, 0.15) is 17.3 Å². The van der Waals surface area contributed by atoms with E-state index >= 15 is 0 Å². The standard InChI is InChI=1S/C12H7ClFNO4S/c13-9-5-8(14)2-1-7(9)6-19-12(16)10-3-4-11(20-10)15(17)18/h1-5H,6H2. The van der Waals surface area contributed by atoms with Crippen LogP contribution >= 0.6 is 22.9 Å². The number of benzene rings is 1. The van der Waals surface area contributed by atoms with Gasteiger partial charge in [0.25, 0.3) is 0 Å². The summed E-state index contributed by atoms with van der Waals surface area (Å²) in [7, 11) is 0. The largest absolute Gasteiger partial charge is 0.457 e. The highest BCUT2D eigenvalue weighted by Crippen LogP contribution is 2.25. The molecule has 0 aliphatic rings. The summed E-state index contributed by atoms with van der Waals surface area (Å²) in [6.45, 7) is -0.135. The van der Waals surface area contributed by atoms with Crippen molar-refractivity contribution < 1.29 is 18.8 Å². The SMILES string of the molecule is O=C(OCc1ccc(F)cc1Cl)c1ccc([N+](=O)[O-])s1. The number of hydrogen-bond donors (Lipinski definition) is 0. The maximum absolute atomic E-state index is 12.8. The van der Waals surface area contributed by atoms with Crippen LogP contribution in [0.5, 0.6) is 0 Å². The zero-order valence-electron chi connectivity index (χ0n) is 9.84. The average molecular weight is 316 g/mol. The quantitative estimate of drug-likeness (QED) is 0.489. The lowest BCUT2D eigenvalue weighted by atomic mass is 10.2. The van der Waals surface area contributed by atoms with Gasteiger partial charge in [-0.2, -0.15) is 0 Å². The number of nitro groups is 1. The molecule has 5 nitrogen and oxygen atoms in total. The van der Waals surface area contributed by atoms with Crippen LogP contribution in [0.4, 0.5) is 9.39 Å². The molecule has 0 bridgehead atoms. The Morgan fingerprint density at radius 2 is 2.15 bits per heavy atom. The van der Waals surface area contributed by atoms with Gasteiger partial charge in [0, 0.05) is 11.6 Å². The smallest absolute Gasteiger partial charge is 0.348 e. The lowest BCUT2D eigenvalue weighted by molar-refractivity contribution is -0.380. The van der Waals surface area contributed by atoms with Gasteiger partial charge in [-0.3, -0.25) is 10.1 Å². The van der Waals surface area contributed by atoms with E-state index in [2.05, 4.69) is 0 Å². The highest BCUT2D eigenvalue weighted by Gasteiger charge is 2.16. The number of hydrogen-bond acceptors (Lipinski definition) is 5. The predicted molar refractivity (Wildman–Crippen MR) is 71.5 cm³/mol. The number of carbonyl (C=O) groups is 1. The normalized spacial score (nSPS) is 10.3. The summed E-state index contributed by atoms with van der Waals surface area (Å²) in [4.78, 5) is 21.7. The Labute approximate surface area is 121 Å². The van der Waals surface area contributed by atoms with E-state index in [0.29, 0.717) is 5.56 Å². The third-order valence-corrected chi connectivity index (χ3v) is 3.72. The zero-order chi connectivity index (χ0) is 14.7. The summed E-state index contributed by atoms with van der Waals surface area (Å²) in [6.07, 6.45) is 0. The van der Waals surface area contributed by atoms with Gasteiger partial charge >= 0.3 is 11.0 Å². The van der Waals surface area contributed by atoms with Gasteiger partial charge in [-0.25, -0.2) is 9.18 Å². The molecule has 2 aromatic rings. The molecule has 0 N–H and O–H groups in total. The minimum Gasteiger partial charge on any atom is -0.457 e. The number of halogens is 2. The molecule has 8 heteroatoms. The zero-order valence-corrected chi connectivity index (χ0v) is 11.4. The highest BCUT2D eigenvalue weighted by atomic mass is 35.5. The van der Waals surface area contributed by atoms with E-state index in [-0.39, 0.29) is 21.5 Å². The highest BCUT2D eigenvalue weighted by molar-refractivity contribution is 7.17. The van der Waals surface area contributed by atoms with Crippen molar-refractivity contribution in [1.29, 1.82) is 0 Å². The van der Waals surface area contributed by atoms with Crippen LogP contribution in [0.2, 0.25) is 5.02 Å². The van der Waals surface area contributed by atoms with E-state index in [1.54, 1.807) is 0 Å². The molecule has 0 fully saturated rings. The fourth-order valence-corrected chi connectivity index (χ4v) is 2.32. The van der Waals surface area contributed by atoms with Crippen LogP contribution in [0.25, 0.3) is 0 Å². The number of thiophene rings is 1. The first-order chi connectivity index (χ1) is 9.47. The first-order valence-electron chi connectivity index (χ1n) is 5.32. The van der Waals surface area contributed by atoms with Crippen molar-refractivity contribution in [3.8, 4) is 0 Å². The molecule has 0 aliphatic carbocycles. The third-order valence-electron chi connectivity index (χ3n) is 2.35. The van der Waals surface area contributed by atoms with Gasteiger partial charge in [-0.15, -0.1) is 0 Å². The molecule has 0 unspecified atom stereocenters. The first kappa shape index (κ1) is 14.4. The Balaban J connectivity index is 2.02. The molecule has 104 valence electrons. The van der Waals surface area contributed by atoms with E-state index < -0.39 is 16.7 Å². The molecular formula is C12H7ClFNO4S. The van der Waals surface area contributed by atoms with Crippen molar-refractivity contribution >= 4 is 33.9 Å². The minimum atomic E-state index is -0.691. The van der Waals surface area contributed by atoms with Crippen LogP contribution in [0.3, 0.4) is 0 Å². The molecule has 0 amide bonds. The van der Waals surface area contributed by atoms with Gasteiger partial charge in [-0.1, -0.05) is 29.0 Å². The number of carbonyl (C=O) groups excluding carboxylic acids is 1. The third kappa shape index (κ3) is 3.31. The molecule has 0 saturated heterocycles. The summed E-state index contributed by atoms with van der Waals surface area (Å²) >= 11 is 6.51. The van der Waals surface area contributed by atoms with Gasteiger partial charge in [-0.05, 0) is 18.2 Å². The lowest BCUT2D eigenvalue weighted by Crippen LogP contribution is -2.03. The number of nitrogens with zero attached hydrogens (tertiary/aromatic N) is 1. The fraction of sp³-hybridized carbons (Fsp3) is 0.0833. The van der Waals surface area contributed by atoms with Crippen LogP contribution in [-0.2, 0) is 11.3 Å². The van der Waals surface area contributed by atoms with Crippen LogP contribution in [0, 0.1) is 15.9 Å². The van der Waals surface area contributed by atoms with Gasteiger partial charge in [0.15, 0.2) is 0 Å². The van der Waals surface area contributed by atoms with Gasteiger partial charge in [0.05, 0.1) is 9.95 Å². The molecule has 20 heavy (non-hydrogen) atoms. The van der Waals surface area contributed by atoms with E-state index in [1.807, 2.05) is 0 Å². The molecule has 0 saturated carbocycles. The Morgan fingerprint density at radius 3 is 2.75 bits per heavy atom. The van der Waals surface area contributed by atoms with Crippen molar-refractivity contribution in [1.82, 2.24) is 0 Å². The average Bonchev–Trinajstić information content (AvgIpc) is 2.87. The number of rotatable bonds is 4.